The maximum Gasteiger partial charge on any atom is 0.348 e. The summed E-state index contributed by atoms with van der Waals surface area (Å²) in [4.78, 5) is 0. The molecule has 4 heteroatoms. The Morgan fingerprint density at radius 1 is 1.00 bits per heavy atom. The highest BCUT2D eigenvalue weighted by molar-refractivity contribution is 4.44. The zero-order valence-electron chi connectivity index (χ0n) is 8.13. The molecule has 0 aromatic rings. The first-order valence-electron chi connectivity index (χ1n) is 4.39. The van der Waals surface area contributed by atoms with E-state index in [0.29, 0.717) is 19.8 Å². The zero-order valence-corrected chi connectivity index (χ0v) is 8.13. The van der Waals surface area contributed by atoms with E-state index >= 15 is 0 Å². The highest BCUT2D eigenvalue weighted by Gasteiger charge is 2.26. The average molecular weight is 177 g/mol. The maximum absolute atomic E-state index is 5.64. The van der Waals surface area contributed by atoms with Gasteiger partial charge in [0.05, 0.1) is 19.8 Å². The second kappa shape index (κ2) is 6.37. The monoisotopic (exact) mass is 177 g/mol. The molecule has 0 rings (SSSR count). The van der Waals surface area contributed by atoms with Crippen molar-refractivity contribution in [2.45, 2.75) is 33.3 Å². The van der Waals surface area contributed by atoms with Crippen LogP contribution in [0.25, 0.3) is 0 Å². The molecule has 0 spiro atoms. The summed E-state index contributed by atoms with van der Waals surface area (Å²) in [5, 5.41) is 0. The van der Waals surface area contributed by atoms with Gasteiger partial charge in [-0.15, -0.1) is 0 Å². The Labute approximate surface area is 74.0 Å². The molecule has 0 saturated heterocycles. The van der Waals surface area contributed by atoms with Crippen LogP contribution in [0, 0.1) is 0 Å². The van der Waals surface area contributed by atoms with Crippen molar-refractivity contribution in [3.8, 4) is 0 Å². The molecule has 0 aliphatic rings. The molecule has 0 unspecified atom stereocenters. The van der Waals surface area contributed by atoms with Crippen LogP contribution in [0.1, 0.15) is 27.2 Å². The fraction of sp³-hybridized carbons (Fsp3) is 1.00. The molecule has 4 nitrogen and oxygen atoms in total. The molecule has 0 saturated carbocycles. The Bertz CT molecular complexity index is 102. The molecule has 0 atom stereocenters. The summed E-state index contributed by atoms with van der Waals surface area (Å²) in [7, 11) is 0. The van der Waals surface area contributed by atoms with Gasteiger partial charge in [-0.1, -0.05) is 6.92 Å². The van der Waals surface area contributed by atoms with Crippen LogP contribution in [0.4, 0.5) is 0 Å². The summed E-state index contributed by atoms with van der Waals surface area (Å²) in [6.07, 6.45) is -0.460. The summed E-state index contributed by atoms with van der Waals surface area (Å²) in [6, 6.07) is 0. The lowest BCUT2D eigenvalue weighted by atomic mass is 10.5. The molecular formula is C8H19NO3. The van der Waals surface area contributed by atoms with E-state index in [-0.39, 0.29) is 0 Å². The van der Waals surface area contributed by atoms with E-state index in [1.165, 1.54) is 0 Å². The molecule has 0 aromatic carbocycles. The van der Waals surface area contributed by atoms with Gasteiger partial charge in [-0.25, -0.2) is 0 Å². The lowest BCUT2D eigenvalue weighted by Gasteiger charge is -2.27. The summed E-state index contributed by atoms with van der Waals surface area (Å²) >= 11 is 0. The lowest BCUT2D eigenvalue weighted by Crippen LogP contribution is -2.48. The van der Waals surface area contributed by atoms with Crippen LogP contribution in [0.5, 0.6) is 0 Å². The van der Waals surface area contributed by atoms with Crippen molar-refractivity contribution in [2.24, 2.45) is 5.73 Å². The molecule has 0 aromatic heterocycles. The SMILES string of the molecule is CCCOC(N)(OCC)OCC. The molecule has 0 radical (unpaired) electrons. The van der Waals surface area contributed by atoms with Gasteiger partial charge in [0.2, 0.25) is 0 Å². The first kappa shape index (κ1) is 11.8. The van der Waals surface area contributed by atoms with Crippen LogP contribution >= 0.6 is 0 Å². The van der Waals surface area contributed by atoms with Gasteiger partial charge in [-0.05, 0) is 20.3 Å². The standard InChI is InChI=1S/C8H19NO3/c1-4-7-12-8(9,10-5-2)11-6-3/h4-7,9H2,1-3H3. The molecule has 0 aliphatic carbocycles. The maximum atomic E-state index is 5.64. The molecule has 0 bridgehead atoms. The Morgan fingerprint density at radius 2 is 1.50 bits per heavy atom. The smallest absolute Gasteiger partial charge is 0.315 e. The Kier molecular flexibility index (Phi) is 6.28. The van der Waals surface area contributed by atoms with E-state index < -0.39 is 6.10 Å². The normalized spacial score (nSPS) is 12.0. The minimum Gasteiger partial charge on any atom is -0.315 e. The van der Waals surface area contributed by atoms with Gasteiger partial charge in [-0.3, -0.25) is 5.73 Å². The van der Waals surface area contributed by atoms with Gasteiger partial charge in [0.15, 0.2) is 0 Å². The van der Waals surface area contributed by atoms with Crippen LogP contribution in [-0.2, 0) is 14.2 Å². The Morgan fingerprint density at radius 3 is 1.83 bits per heavy atom. The van der Waals surface area contributed by atoms with Crippen molar-refractivity contribution in [2.75, 3.05) is 19.8 Å². The van der Waals surface area contributed by atoms with Crippen LogP contribution in [-0.4, -0.2) is 25.9 Å². The zero-order chi connectivity index (χ0) is 9.45. The van der Waals surface area contributed by atoms with Crippen molar-refractivity contribution >= 4 is 0 Å². The third-order valence-electron chi connectivity index (χ3n) is 1.20. The van der Waals surface area contributed by atoms with E-state index in [4.69, 9.17) is 19.9 Å². The van der Waals surface area contributed by atoms with E-state index in [1.807, 2.05) is 20.8 Å². The second-order valence-corrected chi connectivity index (χ2v) is 2.32. The number of rotatable bonds is 7. The van der Waals surface area contributed by atoms with Gasteiger partial charge in [-0.2, -0.15) is 0 Å². The minimum atomic E-state index is -1.35. The topological polar surface area (TPSA) is 53.7 Å². The quantitative estimate of drug-likeness (QED) is 0.591. The van der Waals surface area contributed by atoms with E-state index in [2.05, 4.69) is 0 Å². The van der Waals surface area contributed by atoms with Gasteiger partial charge >= 0.3 is 6.10 Å². The summed E-state index contributed by atoms with van der Waals surface area (Å²) in [5.41, 5.74) is 5.64. The third-order valence-corrected chi connectivity index (χ3v) is 1.20. The van der Waals surface area contributed by atoms with Gasteiger partial charge < -0.3 is 14.2 Å². The van der Waals surface area contributed by atoms with Crippen molar-refractivity contribution < 1.29 is 14.2 Å². The third kappa shape index (κ3) is 4.66. The van der Waals surface area contributed by atoms with Gasteiger partial charge in [0.1, 0.15) is 0 Å². The lowest BCUT2D eigenvalue weighted by molar-refractivity contribution is -0.375. The molecule has 74 valence electrons. The Hall–Kier alpha value is -0.160. The van der Waals surface area contributed by atoms with E-state index in [1.54, 1.807) is 0 Å². The molecular weight excluding hydrogens is 158 g/mol. The fourth-order valence-corrected chi connectivity index (χ4v) is 0.772. The van der Waals surface area contributed by atoms with Crippen molar-refractivity contribution in [3.05, 3.63) is 0 Å². The van der Waals surface area contributed by atoms with Crippen molar-refractivity contribution in [1.82, 2.24) is 0 Å². The minimum absolute atomic E-state index is 0.472. The first-order chi connectivity index (χ1) is 5.68. The number of hydrogen-bond acceptors (Lipinski definition) is 4. The van der Waals surface area contributed by atoms with Crippen LogP contribution in [0.2, 0.25) is 0 Å². The molecule has 0 aliphatic heterocycles. The summed E-state index contributed by atoms with van der Waals surface area (Å²) < 4.78 is 15.4. The van der Waals surface area contributed by atoms with Gasteiger partial charge in [0, 0.05) is 0 Å². The highest BCUT2D eigenvalue weighted by atomic mass is 16.9. The number of nitrogens with two attached hydrogens (primary N) is 1. The predicted molar refractivity (Wildman–Crippen MR) is 46.4 cm³/mol. The molecule has 2 N–H and O–H groups in total. The van der Waals surface area contributed by atoms with Crippen LogP contribution < -0.4 is 5.73 Å². The fourth-order valence-electron chi connectivity index (χ4n) is 0.772. The highest BCUT2D eigenvalue weighted by Crippen LogP contribution is 2.07. The Balaban J connectivity index is 3.80. The van der Waals surface area contributed by atoms with Crippen molar-refractivity contribution in [3.63, 3.8) is 0 Å². The predicted octanol–water partition coefficient (Wildman–Crippen LogP) is 1.06. The molecule has 0 heterocycles. The second-order valence-electron chi connectivity index (χ2n) is 2.32. The molecule has 0 fully saturated rings. The van der Waals surface area contributed by atoms with Crippen LogP contribution in [0.15, 0.2) is 0 Å². The van der Waals surface area contributed by atoms with Crippen LogP contribution in [0.3, 0.4) is 0 Å². The molecule has 0 amide bonds. The number of hydrogen-bond donors (Lipinski definition) is 1. The largest absolute Gasteiger partial charge is 0.348 e. The first-order valence-corrected chi connectivity index (χ1v) is 4.39. The summed E-state index contributed by atoms with van der Waals surface area (Å²) in [5.74, 6) is 0. The summed E-state index contributed by atoms with van der Waals surface area (Å²) in [6.45, 7) is 7.17. The van der Waals surface area contributed by atoms with E-state index in [0.717, 1.165) is 6.42 Å². The molecule has 12 heavy (non-hydrogen) atoms. The van der Waals surface area contributed by atoms with Crippen molar-refractivity contribution in [1.29, 1.82) is 0 Å². The van der Waals surface area contributed by atoms with Gasteiger partial charge in [0.25, 0.3) is 0 Å². The van der Waals surface area contributed by atoms with E-state index in [9.17, 15) is 0 Å². The number of ether oxygens (including phenoxy) is 3. The average Bonchev–Trinajstić information content (AvgIpc) is 2.02.